The van der Waals surface area contributed by atoms with Crippen LogP contribution in [0.15, 0.2) is 110 Å². The number of ether oxygens (including phenoxy) is 4. The van der Waals surface area contributed by atoms with Gasteiger partial charge in [0, 0.05) is 41.4 Å². The van der Waals surface area contributed by atoms with Gasteiger partial charge in [0.15, 0.2) is 5.75 Å². The topological polar surface area (TPSA) is 158 Å². The molecule has 0 fully saturated rings. The first-order valence-corrected chi connectivity index (χ1v) is 15.4. The molecule has 50 heavy (non-hydrogen) atoms. The lowest BCUT2D eigenvalue weighted by Crippen LogP contribution is -1.98. The Hall–Kier alpha value is -6.56. The van der Waals surface area contributed by atoms with Crippen molar-refractivity contribution in [3.05, 3.63) is 142 Å². The molecule has 6 rings (SSSR count). The van der Waals surface area contributed by atoms with Crippen LogP contribution in [-0.2, 0) is 12.8 Å². The second-order valence-corrected chi connectivity index (χ2v) is 10.9. The van der Waals surface area contributed by atoms with Gasteiger partial charge in [-0.25, -0.2) is 19.9 Å². The van der Waals surface area contributed by atoms with Crippen molar-refractivity contribution >= 4 is 11.4 Å². The van der Waals surface area contributed by atoms with Crippen LogP contribution in [0.1, 0.15) is 22.5 Å². The van der Waals surface area contributed by atoms with E-state index in [2.05, 4.69) is 19.9 Å². The lowest BCUT2D eigenvalue weighted by Gasteiger charge is -2.08. The molecule has 0 aliphatic carbocycles. The molecule has 0 radical (unpaired) electrons. The van der Waals surface area contributed by atoms with Crippen LogP contribution < -0.4 is 24.7 Å². The summed E-state index contributed by atoms with van der Waals surface area (Å²) in [4.78, 5) is 28.0. The van der Waals surface area contributed by atoms with Gasteiger partial charge in [0.2, 0.25) is 0 Å². The first-order chi connectivity index (χ1) is 24.3. The molecule has 12 nitrogen and oxygen atoms in total. The minimum atomic E-state index is -0.454. The molecule has 0 bridgehead atoms. The molecule has 2 N–H and O–H groups in total. The Morgan fingerprint density at radius 2 is 1.10 bits per heavy atom. The number of nitro groups is 1. The number of nitro benzene ring substituents is 1. The summed E-state index contributed by atoms with van der Waals surface area (Å²) in [6.45, 7) is 0. The van der Waals surface area contributed by atoms with Crippen molar-refractivity contribution in [3.63, 3.8) is 0 Å². The Balaban J connectivity index is 0.000000195. The standard InChI is InChI=1S/C19H17N3O4.C19H19N3O2/c1-25-16-5-3-4-14(10-16)17-11-15(20-12-21-17)8-13-6-7-19(26-2)18(9-13)22(23)24;1-23-16-5-3-4-14(10-16)18-11-15(21-12-22-18)8-13-6-7-19(24-2)17(20)9-13/h3-7,9-12H,8H2,1-2H3;3-7,9-12H,8,20H2,1-2H3. The lowest BCUT2D eigenvalue weighted by molar-refractivity contribution is -0.385. The van der Waals surface area contributed by atoms with Crippen molar-refractivity contribution < 1.29 is 23.9 Å². The third kappa shape index (κ3) is 8.86. The van der Waals surface area contributed by atoms with Gasteiger partial charge in [0.1, 0.15) is 29.9 Å². The number of hydrogen-bond donors (Lipinski definition) is 1. The average Bonchev–Trinajstić information content (AvgIpc) is 3.15. The highest BCUT2D eigenvalue weighted by Crippen LogP contribution is 2.29. The van der Waals surface area contributed by atoms with Crippen LogP contribution >= 0.6 is 0 Å². The van der Waals surface area contributed by atoms with E-state index in [1.54, 1.807) is 39.8 Å². The third-order valence-electron chi connectivity index (χ3n) is 7.68. The molecule has 0 amide bonds. The fraction of sp³-hybridized carbons (Fsp3) is 0.158. The zero-order valence-corrected chi connectivity index (χ0v) is 28.1. The van der Waals surface area contributed by atoms with E-state index >= 15 is 0 Å². The van der Waals surface area contributed by atoms with Crippen molar-refractivity contribution in [2.24, 2.45) is 0 Å². The number of methoxy groups -OCH3 is 4. The van der Waals surface area contributed by atoms with Crippen LogP contribution in [0.2, 0.25) is 0 Å². The SMILES string of the molecule is COc1cccc(-c2cc(Cc3ccc(OC)c(N)c3)ncn2)c1.COc1cccc(-c2cc(Cc3ccc(OC)c([N+](=O)[O-])c3)ncn2)c1. The molecular formula is C38H36N6O6. The van der Waals surface area contributed by atoms with Crippen molar-refractivity contribution in [3.8, 4) is 45.5 Å². The van der Waals surface area contributed by atoms with Crippen molar-refractivity contribution in [2.45, 2.75) is 12.8 Å². The van der Waals surface area contributed by atoms with E-state index in [4.69, 9.17) is 24.7 Å². The molecule has 0 aliphatic rings. The molecule has 0 aliphatic heterocycles. The number of nitrogen functional groups attached to an aromatic ring is 1. The molecule has 4 aromatic carbocycles. The van der Waals surface area contributed by atoms with E-state index in [0.29, 0.717) is 24.3 Å². The van der Waals surface area contributed by atoms with Crippen molar-refractivity contribution in [1.29, 1.82) is 0 Å². The predicted octanol–water partition coefficient (Wildman–Crippen LogP) is 6.99. The summed E-state index contributed by atoms with van der Waals surface area (Å²) in [6, 6.07) is 29.9. The van der Waals surface area contributed by atoms with Crippen molar-refractivity contribution in [2.75, 3.05) is 34.2 Å². The minimum Gasteiger partial charge on any atom is -0.497 e. The fourth-order valence-electron chi connectivity index (χ4n) is 5.17. The zero-order valence-electron chi connectivity index (χ0n) is 28.1. The van der Waals surface area contributed by atoms with E-state index in [9.17, 15) is 10.1 Å². The normalized spacial score (nSPS) is 10.4. The number of hydrogen-bond acceptors (Lipinski definition) is 11. The van der Waals surface area contributed by atoms with Gasteiger partial charge in [-0.2, -0.15) is 0 Å². The van der Waals surface area contributed by atoms with Gasteiger partial charge in [-0.1, -0.05) is 36.4 Å². The molecule has 12 heteroatoms. The van der Waals surface area contributed by atoms with Gasteiger partial charge in [-0.15, -0.1) is 0 Å². The summed E-state index contributed by atoms with van der Waals surface area (Å²) >= 11 is 0. The zero-order chi connectivity index (χ0) is 35.5. The van der Waals surface area contributed by atoms with Gasteiger partial charge >= 0.3 is 5.69 Å². The first-order valence-electron chi connectivity index (χ1n) is 15.4. The Morgan fingerprint density at radius 1 is 0.600 bits per heavy atom. The molecule has 0 saturated carbocycles. The van der Waals surface area contributed by atoms with Crippen LogP contribution in [0.5, 0.6) is 23.0 Å². The van der Waals surface area contributed by atoms with Crippen LogP contribution in [0.25, 0.3) is 22.5 Å². The van der Waals surface area contributed by atoms with Gasteiger partial charge in [-0.3, -0.25) is 10.1 Å². The largest absolute Gasteiger partial charge is 0.497 e. The number of aromatic nitrogens is 4. The predicted molar refractivity (Wildman–Crippen MR) is 191 cm³/mol. The molecule has 2 heterocycles. The van der Waals surface area contributed by atoms with Crippen LogP contribution in [0, 0.1) is 10.1 Å². The Bertz CT molecular complexity index is 2090. The third-order valence-corrected chi connectivity index (χ3v) is 7.68. The van der Waals surface area contributed by atoms with Gasteiger partial charge < -0.3 is 24.7 Å². The van der Waals surface area contributed by atoms with Crippen LogP contribution in [-0.4, -0.2) is 53.3 Å². The maximum atomic E-state index is 11.2. The molecule has 0 unspecified atom stereocenters. The summed E-state index contributed by atoms with van der Waals surface area (Å²) in [5.41, 5.74) is 13.6. The summed E-state index contributed by atoms with van der Waals surface area (Å²) < 4.78 is 20.7. The van der Waals surface area contributed by atoms with Crippen LogP contribution in [0.3, 0.4) is 0 Å². The molecule has 0 spiro atoms. The van der Waals surface area contributed by atoms with Crippen molar-refractivity contribution in [1.82, 2.24) is 19.9 Å². The van der Waals surface area contributed by atoms with Crippen LogP contribution in [0.4, 0.5) is 11.4 Å². The first kappa shape index (κ1) is 34.8. The van der Waals surface area contributed by atoms with E-state index < -0.39 is 4.92 Å². The van der Waals surface area contributed by atoms with E-state index in [-0.39, 0.29) is 11.4 Å². The summed E-state index contributed by atoms with van der Waals surface area (Å²) in [5.74, 6) is 2.46. The maximum absolute atomic E-state index is 11.2. The second-order valence-electron chi connectivity index (χ2n) is 10.9. The number of nitrogens with zero attached hydrogens (tertiary/aromatic N) is 5. The number of benzene rings is 4. The summed E-state index contributed by atoms with van der Waals surface area (Å²) in [7, 11) is 6.28. The van der Waals surface area contributed by atoms with E-state index in [1.807, 2.05) is 78.9 Å². The molecule has 6 aromatic rings. The Kier molecular flexibility index (Phi) is 11.5. The molecule has 254 valence electrons. The smallest absolute Gasteiger partial charge is 0.311 e. The lowest BCUT2D eigenvalue weighted by atomic mass is 10.1. The van der Waals surface area contributed by atoms with E-state index in [1.165, 1.54) is 19.5 Å². The highest BCUT2D eigenvalue weighted by molar-refractivity contribution is 5.62. The number of nitrogens with two attached hydrogens (primary N) is 1. The van der Waals surface area contributed by atoms with E-state index in [0.717, 1.165) is 56.5 Å². The van der Waals surface area contributed by atoms with Gasteiger partial charge in [0.25, 0.3) is 0 Å². The van der Waals surface area contributed by atoms with Gasteiger partial charge in [-0.05, 0) is 65.7 Å². The fourth-order valence-corrected chi connectivity index (χ4v) is 5.17. The highest BCUT2D eigenvalue weighted by Gasteiger charge is 2.16. The Morgan fingerprint density at radius 3 is 1.56 bits per heavy atom. The number of rotatable bonds is 11. The minimum absolute atomic E-state index is 0.0629. The average molecular weight is 673 g/mol. The second kappa shape index (κ2) is 16.5. The summed E-state index contributed by atoms with van der Waals surface area (Å²) in [6.07, 6.45) is 4.19. The molecule has 0 saturated heterocycles. The monoisotopic (exact) mass is 672 g/mol. The summed E-state index contributed by atoms with van der Waals surface area (Å²) in [5, 5.41) is 11.2. The molecule has 0 atom stereocenters. The van der Waals surface area contributed by atoms with Gasteiger partial charge in [0.05, 0.1) is 50.4 Å². The Labute approximate surface area is 289 Å². The quantitative estimate of drug-likeness (QED) is 0.0859. The number of anilines is 1. The highest BCUT2D eigenvalue weighted by atomic mass is 16.6. The molecule has 2 aromatic heterocycles. The molecular weight excluding hydrogens is 636 g/mol. The maximum Gasteiger partial charge on any atom is 0.311 e.